The number of halogens is 1. The van der Waals surface area contributed by atoms with Crippen LogP contribution >= 0.6 is 11.6 Å². The van der Waals surface area contributed by atoms with Crippen molar-refractivity contribution in [1.82, 2.24) is 15.2 Å². The van der Waals surface area contributed by atoms with E-state index in [1.54, 1.807) is 19.2 Å². The average molecular weight is 254 g/mol. The Morgan fingerprint density at radius 2 is 2.47 bits per heavy atom. The molecule has 2 rings (SSSR count). The Hall–Kier alpha value is -1.13. The molecule has 1 saturated heterocycles. The summed E-state index contributed by atoms with van der Waals surface area (Å²) < 4.78 is 0. The van der Waals surface area contributed by atoms with E-state index in [1.165, 1.54) is 0 Å². The van der Waals surface area contributed by atoms with Crippen molar-refractivity contribution >= 4 is 17.5 Å². The fourth-order valence-corrected chi connectivity index (χ4v) is 2.25. The summed E-state index contributed by atoms with van der Waals surface area (Å²) in [7, 11) is 0. The molecule has 0 spiro atoms. The van der Waals surface area contributed by atoms with Crippen molar-refractivity contribution in [2.24, 2.45) is 0 Å². The van der Waals surface area contributed by atoms with Crippen molar-refractivity contribution in [3.63, 3.8) is 0 Å². The Morgan fingerprint density at radius 1 is 1.65 bits per heavy atom. The molecule has 0 saturated carbocycles. The fourth-order valence-electron chi connectivity index (χ4n) is 2.14. The van der Waals surface area contributed by atoms with Gasteiger partial charge in [0.2, 0.25) is 5.91 Å². The van der Waals surface area contributed by atoms with Crippen LogP contribution in [0.3, 0.4) is 0 Å². The maximum atomic E-state index is 10.9. The number of rotatable bonds is 3. The largest absolute Gasteiger partial charge is 0.352 e. The lowest BCUT2D eigenvalue weighted by atomic mass is 10.2. The molecule has 1 aromatic rings. The summed E-state index contributed by atoms with van der Waals surface area (Å²) in [5.74, 6) is 0.0463. The molecule has 1 atom stereocenters. The first-order chi connectivity index (χ1) is 8.13. The van der Waals surface area contributed by atoms with Crippen molar-refractivity contribution in [1.29, 1.82) is 0 Å². The van der Waals surface area contributed by atoms with Gasteiger partial charge in [-0.25, -0.2) is 4.98 Å². The van der Waals surface area contributed by atoms with E-state index < -0.39 is 0 Å². The van der Waals surface area contributed by atoms with Gasteiger partial charge in [0.05, 0.1) is 0 Å². The van der Waals surface area contributed by atoms with Gasteiger partial charge in [-0.05, 0) is 18.1 Å². The minimum absolute atomic E-state index is 0.0463. The number of carbonyl (C=O) groups is 1. The van der Waals surface area contributed by atoms with Crippen molar-refractivity contribution in [2.45, 2.75) is 25.9 Å². The smallest absolute Gasteiger partial charge is 0.217 e. The molecule has 92 valence electrons. The highest BCUT2D eigenvalue weighted by Gasteiger charge is 2.22. The summed E-state index contributed by atoms with van der Waals surface area (Å²) in [6, 6.07) is 4.08. The Kier molecular flexibility index (Phi) is 3.97. The number of amides is 1. The quantitative estimate of drug-likeness (QED) is 0.830. The van der Waals surface area contributed by atoms with Crippen LogP contribution in [0.4, 0.5) is 0 Å². The first-order valence-electron chi connectivity index (χ1n) is 5.73. The second-order valence-corrected chi connectivity index (χ2v) is 4.80. The highest BCUT2D eigenvalue weighted by molar-refractivity contribution is 6.29. The van der Waals surface area contributed by atoms with E-state index in [9.17, 15) is 4.79 Å². The molecular weight excluding hydrogens is 238 g/mol. The standard InChI is InChI=1S/C12H16ClN3O/c1-9(17)15-11-4-5-16(8-11)7-10-2-3-12(13)14-6-10/h2-3,6,11H,4-5,7-8H2,1H3,(H,15,17). The number of carbonyl (C=O) groups excluding carboxylic acids is 1. The first kappa shape index (κ1) is 12.3. The van der Waals surface area contributed by atoms with Gasteiger partial charge in [0.25, 0.3) is 0 Å². The third kappa shape index (κ3) is 3.68. The number of hydrogen-bond acceptors (Lipinski definition) is 3. The lowest BCUT2D eigenvalue weighted by Gasteiger charge is -2.16. The van der Waals surface area contributed by atoms with E-state index in [0.29, 0.717) is 5.15 Å². The first-order valence-corrected chi connectivity index (χ1v) is 6.11. The number of aromatic nitrogens is 1. The minimum Gasteiger partial charge on any atom is -0.352 e. The van der Waals surface area contributed by atoms with E-state index in [1.807, 2.05) is 6.07 Å². The number of pyridine rings is 1. The van der Waals surface area contributed by atoms with Gasteiger partial charge in [-0.3, -0.25) is 9.69 Å². The van der Waals surface area contributed by atoms with Gasteiger partial charge in [0, 0.05) is 38.8 Å². The van der Waals surface area contributed by atoms with Crippen LogP contribution in [0.1, 0.15) is 18.9 Å². The summed E-state index contributed by atoms with van der Waals surface area (Å²) >= 11 is 5.74. The van der Waals surface area contributed by atoms with Gasteiger partial charge in [0.15, 0.2) is 0 Å². The van der Waals surface area contributed by atoms with E-state index in [2.05, 4.69) is 15.2 Å². The zero-order valence-corrected chi connectivity index (χ0v) is 10.6. The summed E-state index contributed by atoms with van der Waals surface area (Å²) in [4.78, 5) is 17.3. The number of nitrogens with one attached hydrogen (secondary N) is 1. The zero-order chi connectivity index (χ0) is 12.3. The molecule has 1 amide bonds. The Balaban J connectivity index is 1.85. The van der Waals surface area contributed by atoms with Gasteiger partial charge in [-0.2, -0.15) is 0 Å². The van der Waals surface area contributed by atoms with Crippen LogP contribution in [0.2, 0.25) is 5.15 Å². The van der Waals surface area contributed by atoms with Gasteiger partial charge in [-0.15, -0.1) is 0 Å². The molecule has 0 bridgehead atoms. The zero-order valence-electron chi connectivity index (χ0n) is 9.82. The molecule has 0 radical (unpaired) electrons. The molecule has 1 aliphatic heterocycles. The highest BCUT2D eigenvalue weighted by Crippen LogP contribution is 2.14. The van der Waals surface area contributed by atoms with E-state index in [-0.39, 0.29) is 11.9 Å². The predicted molar refractivity (Wildman–Crippen MR) is 66.7 cm³/mol. The van der Waals surface area contributed by atoms with Crippen LogP contribution in [0.15, 0.2) is 18.3 Å². The molecule has 0 aromatic carbocycles. The highest BCUT2D eigenvalue weighted by atomic mass is 35.5. The Bertz CT molecular complexity index is 393. The number of hydrogen-bond donors (Lipinski definition) is 1. The van der Waals surface area contributed by atoms with Crippen molar-refractivity contribution in [3.8, 4) is 0 Å². The van der Waals surface area contributed by atoms with Crippen LogP contribution in [-0.2, 0) is 11.3 Å². The van der Waals surface area contributed by atoms with E-state index in [4.69, 9.17) is 11.6 Å². The van der Waals surface area contributed by atoms with Crippen LogP contribution in [0.25, 0.3) is 0 Å². The van der Waals surface area contributed by atoms with E-state index in [0.717, 1.165) is 31.6 Å². The van der Waals surface area contributed by atoms with Crippen LogP contribution < -0.4 is 5.32 Å². The molecule has 1 aromatic heterocycles. The molecule has 1 aliphatic rings. The molecule has 2 heterocycles. The second-order valence-electron chi connectivity index (χ2n) is 4.41. The molecule has 17 heavy (non-hydrogen) atoms. The van der Waals surface area contributed by atoms with Gasteiger partial charge >= 0.3 is 0 Å². The lowest BCUT2D eigenvalue weighted by molar-refractivity contribution is -0.119. The summed E-state index contributed by atoms with van der Waals surface area (Å²) in [5, 5.41) is 3.47. The minimum atomic E-state index is 0.0463. The molecule has 4 nitrogen and oxygen atoms in total. The molecular formula is C12H16ClN3O. The monoisotopic (exact) mass is 253 g/mol. The average Bonchev–Trinajstić information content (AvgIpc) is 2.68. The molecule has 1 fully saturated rings. The Labute approximate surface area is 106 Å². The summed E-state index contributed by atoms with van der Waals surface area (Å²) in [6.45, 7) is 4.34. The lowest BCUT2D eigenvalue weighted by Crippen LogP contribution is -2.35. The maximum absolute atomic E-state index is 10.9. The topological polar surface area (TPSA) is 45.2 Å². The molecule has 1 N–H and O–H groups in total. The third-order valence-corrected chi connectivity index (χ3v) is 3.10. The SMILES string of the molecule is CC(=O)NC1CCN(Cc2ccc(Cl)nc2)C1. The van der Waals surface area contributed by atoms with Gasteiger partial charge < -0.3 is 5.32 Å². The van der Waals surface area contributed by atoms with E-state index >= 15 is 0 Å². The summed E-state index contributed by atoms with van der Waals surface area (Å²) in [6.07, 6.45) is 2.81. The van der Waals surface area contributed by atoms with Crippen LogP contribution in [0, 0.1) is 0 Å². The normalized spacial score (nSPS) is 20.5. The number of nitrogens with zero attached hydrogens (tertiary/aromatic N) is 2. The second kappa shape index (κ2) is 5.47. The predicted octanol–water partition coefficient (Wildman–Crippen LogP) is 1.45. The summed E-state index contributed by atoms with van der Waals surface area (Å²) in [5.41, 5.74) is 1.15. The molecule has 1 unspecified atom stereocenters. The molecule has 5 heteroatoms. The van der Waals surface area contributed by atoms with Gasteiger partial charge in [-0.1, -0.05) is 17.7 Å². The van der Waals surface area contributed by atoms with Crippen LogP contribution in [0.5, 0.6) is 0 Å². The number of likely N-dealkylation sites (tertiary alicyclic amines) is 1. The third-order valence-electron chi connectivity index (χ3n) is 2.87. The van der Waals surface area contributed by atoms with Gasteiger partial charge in [0.1, 0.15) is 5.15 Å². The van der Waals surface area contributed by atoms with Crippen molar-refractivity contribution < 1.29 is 4.79 Å². The maximum Gasteiger partial charge on any atom is 0.217 e. The van der Waals surface area contributed by atoms with Crippen molar-refractivity contribution in [2.75, 3.05) is 13.1 Å². The fraction of sp³-hybridized carbons (Fsp3) is 0.500. The molecule has 0 aliphatic carbocycles. The van der Waals surface area contributed by atoms with Crippen molar-refractivity contribution in [3.05, 3.63) is 29.0 Å². The van der Waals surface area contributed by atoms with Crippen LogP contribution in [-0.4, -0.2) is 34.9 Å². The Morgan fingerprint density at radius 3 is 3.12 bits per heavy atom.